The Morgan fingerprint density at radius 1 is 1.54 bits per heavy atom. The predicted octanol–water partition coefficient (Wildman–Crippen LogP) is 0.853. The van der Waals surface area contributed by atoms with Crippen LogP contribution >= 0.6 is 15.9 Å². The van der Waals surface area contributed by atoms with Crippen molar-refractivity contribution in [2.75, 3.05) is 6.26 Å². The van der Waals surface area contributed by atoms with Gasteiger partial charge in [-0.25, -0.2) is 9.97 Å². The zero-order valence-electron chi connectivity index (χ0n) is 6.61. The maximum Gasteiger partial charge on any atom is 0.199 e. The Hall–Kier alpha value is -0.820. The number of rotatable bonds is 1. The largest absolute Gasteiger partial charge is 0.314 e. The fourth-order valence-electron chi connectivity index (χ4n) is 0.888. The number of imidazole rings is 1. The minimum absolute atomic E-state index is 0.396. The van der Waals surface area contributed by atoms with E-state index in [9.17, 15) is 4.21 Å². The number of halogens is 1. The molecule has 1 unspecified atom stereocenters. The van der Waals surface area contributed by atoms with Crippen LogP contribution in [-0.2, 0) is 10.8 Å². The quantitative estimate of drug-likeness (QED) is 0.826. The van der Waals surface area contributed by atoms with Crippen LogP contribution in [0.4, 0.5) is 0 Å². The molecule has 0 saturated heterocycles. The SMILES string of the molecule is CS(=O)c1nc2ncc(Br)nc2[nH]1. The molecular weight excluding hydrogens is 256 g/mol. The number of hydrogen-bond acceptors (Lipinski definition) is 4. The van der Waals surface area contributed by atoms with E-state index in [4.69, 9.17) is 0 Å². The Balaban J connectivity index is 2.68. The lowest BCUT2D eigenvalue weighted by atomic mass is 10.7. The van der Waals surface area contributed by atoms with Gasteiger partial charge in [-0.05, 0) is 15.9 Å². The van der Waals surface area contributed by atoms with Crippen molar-refractivity contribution in [2.45, 2.75) is 5.16 Å². The van der Waals surface area contributed by atoms with Crippen LogP contribution in [0.15, 0.2) is 16.0 Å². The summed E-state index contributed by atoms with van der Waals surface area (Å²) in [4.78, 5) is 14.9. The minimum Gasteiger partial charge on any atom is -0.314 e. The van der Waals surface area contributed by atoms with E-state index in [-0.39, 0.29) is 0 Å². The summed E-state index contributed by atoms with van der Waals surface area (Å²) in [7, 11) is -1.13. The molecule has 68 valence electrons. The smallest absolute Gasteiger partial charge is 0.199 e. The normalized spacial score (nSPS) is 13.4. The molecule has 2 aromatic rings. The monoisotopic (exact) mass is 260 g/mol. The van der Waals surface area contributed by atoms with Crippen LogP contribution in [0.1, 0.15) is 0 Å². The molecule has 1 N–H and O–H groups in total. The summed E-state index contributed by atoms with van der Waals surface area (Å²) in [5, 5.41) is 0.396. The highest BCUT2D eigenvalue weighted by Gasteiger charge is 2.07. The molecule has 0 saturated carbocycles. The van der Waals surface area contributed by atoms with Crippen LogP contribution in [0.25, 0.3) is 11.3 Å². The van der Waals surface area contributed by atoms with Gasteiger partial charge in [0, 0.05) is 6.26 Å². The van der Waals surface area contributed by atoms with Gasteiger partial charge in [0.2, 0.25) is 0 Å². The molecule has 0 spiro atoms. The summed E-state index contributed by atoms with van der Waals surface area (Å²) in [6, 6.07) is 0. The van der Waals surface area contributed by atoms with Gasteiger partial charge < -0.3 is 4.98 Å². The Morgan fingerprint density at radius 2 is 2.31 bits per heavy atom. The van der Waals surface area contributed by atoms with Crippen molar-refractivity contribution in [3.8, 4) is 0 Å². The number of hydrogen-bond donors (Lipinski definition) is 1. The first-order valence-electron chi connectivity index (χ1n) is 3.38. The molecule has 0 aliphatic heterocycles. The third-order valence-electron chi connectivity index (χ3n) is 1.43. The van der Waals surface area contributed by atoms with Gasteiger partial charge >= 0.3 is 0 Å². The van der Waals surface area contributed by atoms with Crippen LogP contribution in [0.2, 0.25) is 0 Å². The summed E-state index contributed by atoms with van der Waals surface area (Å²) < 4.78 is 11.7. The lowest BCUT2D eigenvalue weighted by Crippen LogP contribution is -1.88. The second kappa shape index (κ2) is 3.15. The van der Waals surface area contributed by atoms with Gasteiger partial charge in [-0.15, -0.1) is 0 Å². The first-order chi connectivity index (χ1) is 6.16. The van der Waals surface area contributed by atoms with E-state index >= 15 is 0 Å². The highest BCUT2D eigenvalue weighted by Crippen LogP contribution is 2.11. The number of H-pyrrole nitrogens is 1. The van der Waals surface area contributed by atoms with Crippen LogP contribution in [0, 0.1) is 0 Å². The minimum atomic E-state index is -1.13. The van der Waals surface area contributed by atoms with Gasteiger partial charge in [0.15, 0.2) is 16.5 Å². The topological polar surface area (TPSA) is 71.5 Å². The van der Waals surface area contributed by atoms with Crippen molar-refractivity contribution in [1.29, 1.82) is 0 Å². The number of nitrogens with one attached hydrogen (secondary N) is 1. The summed E-state index contributed by atoms with van der Waals surface area (Å²) >= 11 is 3.18. The van der Waals surface area contributed by atoms with Gasteiger partial charge in [0.25, 0.3) is 0 Å². The van der Waals surface area contributed by atoms with E-state index in [0.717, 1.165) is 0 Å². The summed E-state index contributed by atoms with van der Waals surface area (Å²) in [6.07, 6.45) is 3.10. The van der Waals surface area contributed by atoms with E-state index in [1.807, 2.05) is 0 Å². The van der Waals surface area contributed by atoms with Crippen LogP contribution in [-0.4, -0.2) is 30.4 Å². The predicted molar refractivity (Wildman–Crippen MR) is 51.7 cm³/mol. The molecule has 0 aliphatic carbocycles. The number of fused-ring (bicyclic) bond motifs is 1. The van der Waals surface area contributed by atoms with Crippen molar-refractivity contribution in [3.63, 3.8) is 0 Å². The first-order valence-corrected chi connectivity index (χ1v) is 5.73. The average Bonchev–Trinajstić information content (AvgIpc) is 2.46. The van der Waals surface area contributed by atoms with Crippen LogP contribution < -0.4 is 0 Å². The molecular formula is C6H5BrN4OS. The third-order valence-corrected chi connectivity index (χ3v) is 2.55. The van der Waals surface area contributed by atoms with E-state index in [1.165, 1.54) is 0 Å². The van der Waals surface area contributed by atoms with Gasteiger partial charge in [-0.2, -0.15) is 4.98 Å². The van der Waals surface area contributed by atoms with E-state index in [0.29, 0.717) is 21.1 Å². The fraction of sp³-hybridized carbons (Fsp3) is 0.167. The molecule has 2 heterocycles. The molecule has 0 amide bonds. The fourth-order valence-corrected chi connectivity index (χ4v) is 1.62. The van der Waals surface area contributed by atoms with Gasteiger partial charge in [0.05, 0.1) is 17.0 Å². The standard InChI is InChI=1S/C6H5BrN4OS/c1-13(12)6-10-4-5(11-6)9-3(7)2-8-4/h2H,1H3,(H,8,9,10,11). The van der Waals surface area contributed by atoms with E-state index < -0.39 is 10.8 Å². The van der Waals surface area contributed by atoms with E-state index in [2.05, 4.69) is 35.9 Å². The highest BCUT2D eigenvalue weighted by molar-refractivity contribution is 9.10. The van der Waals surface area contributed by atoms with Gasteiger partial charge in [0.1, 0.15) is 4.60 Å². The lowest BCUT2D eigenvalue weighted by molar-refractivity contribution is 0.682. The molecule has 2 rings (SSSR count). The Kier molecular flexibility index (Phi) is 2.12. The zero-order chi connectivity index (χ0) is 9.42. The molecule has 0 radical (unpaired) electrons. The molecule has 7 heteroatoms. The lowest BCUT2D eigenvalue weighted by Gasteiger charge is -1.86. The van der Waals surface area contributed by atoms with Crippen LogP contribution in [0.5, 0.6) is 0 Å². The molecule has 2 aromatic heterocycles. The Labute approximate surface area is 84.6 Å². The molecule has 5 nitrogen and oxygen atoms in total. The van der Waals surface area contributed by atoms with E-state index in [1.54, 1.807) is 12.5 Å². The average molecular weight is 261 g/mol. The number of aromatic nitrogens is 4. The van der Waals surface area contributed by atoms with Crippen molar-refractivity contribution >= 4 is 38.0 Å². The second-order valence-corrected chi connectivity index (χ2v) is 4.47. The Morgan fingerprint density at radius 3 is 3.00 bits per heavy atom. The van der Waals surface area contributed by atoms with Crippen molar-refractivity contribution in [1.82, 2.24) is 19.9 Å². The summed E-state index contributed by atoms with van der Waals surface area (Å²) in [6.45, 7) is 0. The van der Waals surface area contributed by atoms with Crippen molar-refractivity contribution in [3.05, 3.63) is 10.8 Å². The highest BCUT2D eigenvalue weighted by atomic mass is 79.9. The van der Waals surface area contributed by atoms with Crippen molar-refractivity contribution < 1.29 is 4.21 Å². The third kappa shape index (κ3) is 1.61. The molecule has 0 bridgehead atoms. The van der Waals surface area contributed by atoms with Gasteiger partial charge in [-0.1, -0.05) is 0 Å². The van der Waals surface area contributed by atoms with Gasteiger partial charge in [-0.3, -0.25) is 4.21 Å². The second-order valence-electron chi connectivity index (χ2n) is 2.36. The van der Waals surface area contributed by atoms with Crippen molar-refractivity contribution in [2.24, 2.45) is 0 Å². The molecule has 13 heavy (non-hydrogen) atoms. The molecule has 0 aromatic carbocycles. The summed E-state index contributed by atoms with van der Waals surface area (Å²) in [5.41, 5.74) is 1.02. The van der Waals surface area contributed by atoms with Crippen LogP contribution in [0.3, 0.4) is 0 Å². The molecule has 0 fully saturated rings. The Bertz CT molecular complexity index is 482. The first kappa shape index (κ1) is 8.76. The maximum absolute atomic E-state index is 11.1. The molecule has 0 aliphatic rings. The molecule has 1 atom stereocenters. The zero-order valence-corrected chi connectivity index (χ0v) is 9.02. The summed E-state index contributed by atoms with van der Waals surface area (Å²) in [5.74, 6) is 0. The number of nitrogens with zero attached hydrogens (tertiary/aromatic N) is 3. The maximum atomic E-state index is 11.1. The number of aromatic amines is 1.